The normalized spacial score (nSPS) is 14.6. The maximum absolute atomic E-state index is 11.0. The largest absolute Gasteiger partial charge is 0.362 e. The van der Waals surface area contributed by atoms with Gasteiger partial charge in [-0.05, 0) is 12.1 Å². The Balaban J connectivity index is 2.61. The smallest absolute Gasteiger partial charge is 0.185 e. The highest BCUT2D eigenvalue weighted by Gasteiger charge is 2.18. The molecule has 50 valence electrons. The van der Waals surface area contributed by atoms with Crippen molar-refractivity contribution < 1.29 is 4.79 Å². The van der Waals surface area contributed by atoms with Crippen molar-refractivity contribution in [2.24, 2.45) is 0 Å². The highest BCUT2D eigenvalue weighted by Crippen LogP contribution is 2.16. The molecule has 0 saturated heterocycles. The highest BCUT2D eigenvalue weighted by atomic mass is 16.1. The van der Waals surface area contributed by atoms with Crippen LogP contribution in [0.1, 0.15) is 10.4 Å². The fraction of sp³-hybridized carbons (Fsp3) is 0.143. The molecular weight excluding hydrogens is 128 g/mol. The zero-order valence-electron chi connectivity index (χ0n) is 5.29. The topological polar surface area (TPSA) is 42.0 Å². The average Bonchev–Trinajstić information content (AvgIpc) is 2.34. The van der Waals surface area contributed by atoms with Crippen LogP contribution in [0.3, 0.4) is 0 Å². The second-order valence-electron chi connectivity index (χ2n) is 2.18. The number of pyridine rings is 1. The predicted molar refractivity (Wildman–Crippen MR) is 37.1 cm³/mol. The molecule has 0 amide bonds. The number of carbonyl (C=O) groups excluding carboxylic acids is 1. The van der Waals surface area contributed by atoms with Gasteiger partial charge >= 0.3 is 0 Å². The summed E-state index contributed by atoms with van der Waals surface area (Å²) in [5.74, 6) is 0.843. The maximum Gasteiger partial charge on any atom is 0.185 e. The van der Waals surface area contributed by atoms with Gasteiger partial charge in [0.25, 0.3) is 0 Å². The third-order valence-corrected chi connectivity index (χ3v) is 1.52. The van der Waals surface area contributed by atoms with Crippen LogP contribution in [-0.2, 0) is 0 Å². The van der Waals surface area contributed by atoms with Crippen LogP contribution >= 0.6 is 0 Å². The van der Waals surface area contributed by atoms with Gasteiger partial charge in [0.05, 0.1) is 12.1 Å². The van der Waals surface area contributed by atoms with Crippen LogP contribution < -0.4 is 5.32 Å². The van der Waals surface area contributed by atoms with E-state index in [2.05, 4.69) is 10.3 Å². The van der Waals surface area contributed by atoms with Gasteiger partial charge in [0, 0.05) is 6.20 Å². The standard InChI is InChI=1S/C7H6N2O/c10-6-4-9-7-5(6)2-1-3-8-7/h1-3H,4H2,(H,8,9). The number of aromatic nitrogens is 1. The fourth-order valence-electron chi connectivity index (χ4n) is 1.03. The van der Waals surface area contributed by atoms with Crippen molar-refractivity contribution in [3.8, 4) is 0 Å². The van der Waals surface area contributed by atoms with Crippen LogP contribution in [0.15, 0.2) is 18.3 Å². The SMILES string of the molecule is O=C1CNc2ncccc21. The van der Waals surface area contributed by atoms with Crippen molar-refractivity contribution >= 4 is 11.6 Å². The van der Waals surface area contributed by atoms with Gasteiger partial charge in [0.2, 0.25) is 0 Å². The summed E-state index contributed by atoms with van der Waals surface area (Å²) in [7, 11) is 0. The summed E-state index contributed by atoms with van der Waals surface area (Å²) in [6, 6.07) is 3.55. The van der Waals surface area contributed by atoms with Gasteiger partial charge in [0.15, 0.2) is 5.78 Å². The molecule has 0 aliphatic carbocycles. The molecule has 2 rings (SSSR count). The number of ketones is 1. The summed E-state index contributed by atoms with van der Waals surface area (Å²) >= 11 is 0. The number of Topliss-reactive ketones (excluding diaryl/α,β-unsaturated/α-hetero) is 1. The van der Waals surface area contributed by atoms with E-state index in [-0.39, 0.29) is 5.78 Å². The number of fused-ring (bicyclic) bond motifs is 1. The van der Waals surface area contributed by atoms with E-state index in [0.717, 1.165) is 0 Å². The van der Waals surface area contributed by atoms with E-state index < -0.39 is 0 Å². The molecule has 0 radical (unpaired) electrons. The van der Waals surface area contributed by atoms with E-state index in [4.69, 9.17) is 0 Å². The zero-order chi connectivity index (χ0) is 6.97. The Bertz CT molecular complexity index is 283. The lowest BCUT2D eigenvalue weighted by Gasteiger charge is -1.91. The molecule has 10 heavy (non-hydrogen) atoms. The highest BCUT2D eigenvalue weighted by molar-refractivity contribution is 6.06. The van der Waals surface area contributed by atoms with Gasteiger partial charge in [0.1, 0.15) is 5.82 Å². The lowest BCUT2D eigenvalue weighted by molar-refractivity contribution is 0.101. The van der Waals surface area contributed by atoms with E-state index in [1.54, 1.807) is 18.3 Å². The van der Waals surface area contributed by atoms with Gasteiger partial charge in [-0.3, -0.25) is 4.79 Å². The molecule has 1 aromatic rings. The molecule has 0 atom stereocenters. The van der Waals surface area contributed by atoms with Crippen LogP contribution in [0.5, 0.6) is 0 Å². The molecule has 0 bridgehead atoms. The molecule has 0 aromatic carbocycles. The van der Waals surface area contributed by atoms with Crippen molar-refractivity contribution in [3.63, 3.8) is 0 Å². The van der Waals surface area contributed by atoms with Gasteiger partial charge in [-0.15, -0.1) is 0 Å². The molecule has 2 heterocycles. The molecule has 0 spiro atoms. The van der Waals surface area contributed by atoms with E-state index in [0.29, 0.717) is 17.9 Å². The summed E-state index contributed by atoms with van der Waals surface area (Å²) in [5.41, 5.74) is 0.711. The summed E-state index contributed by atoms with van der Waals surface area (Å²) in [6.07, 6.45) is 1.67. The predicted octanol–water partition coefficient (Wildman–Crippen LogP) is 0.690. The Kier molecular flexibility index (Phi) is 0.974. The first-order valence-corrected chi connectivity index (χ1v) is 3.10. The summed E-state index contributed by atoms with van der Waals surface area (Å²) in [4.78, 5) is 14.9. The van der Waals surface area contributed by atoms with Crippen molar-refractivity contribution in [1.82, 2.24) is 4.98 Å². The minimum atomic E-state index is 0.128. The molecule has 3 nitrogen and oxygen atoms in total. The number of hydrogen-bond donors (Lipinski definition) is 1. The minimum Gasteiger partial charge on any atom is -0.362 e. The lowest BCUT2D eigenvalue weighted by atomic mass is 10.2. The first-order valence-electron chi connectivity index (χ1n) is 3.10. The Morgan fingerprint density at radius 3 is 3.30 bits per heavy atom. The van der Waals surface area contributed by atoms with Crippen molar-refractivity contribution in [3.05, 3.63) is 23.9 Å². The Labute approximate surface area is 58.1 Å². The molecule has 1 aliphatic rings. The van der Waals surface area contributed by atoms with E-state index in [1.807, 2.05) is 0 Å². The van der Waals surface area contributed by atoms with Gasteiger partial charge < -0.3 is 5.32 Å². The number of carbonyl (C=O) groups is 1. The van der Waals surface area contributed by atoms with Gasteiger partial charge in [-0.25, -0.2) is 4.98 Å². The molecule has 1 aromatic heterocycles. The molecule has 0 fully saturated rings. The van der Waals surface area contributed by atoms with Crippen LogP contribution in [0.25, 0.3) is 0 Å². The monoisotopic (exact) mass is 134 g/mol. The number of rotatable bonds is 0. The van der Waals surface area contributed by atoms with E-state index in [1.165, 1.54) is 0 Å². The van der Waals surface area contributed by atoms with Crippen LogP contribution in [-0.4, -0.2) is 17.3 Å². The lowest BCUT2D eigenvalue weighted by Crippen LogP contribution is -2.00. The van der Waals surface area contributed by atoms with E-state index >= 15 is 0 Å². The van der Waals surface area contributed by atoms with Crippen LogP contribution in [0.2, 0.25) is 0 Å². The second kappa shape index (κ2) is 1.80. The van der Waals surface area contributed by atoms with E-state index in [9.17, 15) is 4.79 Å². The molecule has 1 aliphatic heterocycles. The minimum absolute atomic E-state index is 0.128. The second-order valence-corrected chi connectivity index (χ2v) is 2.18. The van der Waals surface area contributed by atoms with Gasteiger partial charge in [-0.1, -0.05) is 0 Å². The summed E-state index contributed by atoms with van der Waals surface area (Å²) in [5, 5.41) is 2.89. The molecule has 3 heteroatoms. The number of nitrogens with zero attached hydrogens (tertiary/aromatic N) is 1. The zero-order valence-corrected chi connectivity index (χ0v) is 5.29. The number of anilines is 1. The van der Waals surface area contributed by atoms with Crippen molar-refractivity contribution in [1.29, 1.82) is 0 Å². The number of nitrogens with one attached hydrogen (secondary N) is 1. The van der Waals surface area contributed by atoms with Crippen LogP contribution in [0.4, 0.5) is 5.82 Å². The Hall–Kier alpha value is -1.38. The van der Waals surface area contributed by atoms with Crippen molar-refractivity contribution in [2.75, 3.05) is 11.9 Å². The maximum atomic E-state index is 11.0. The third kappa shape index (κ3) is 0.603. The molecule has 1 N–H and O–H groups in total. The van der Waals surface area contributed by atoms with Gasteiger partial charge in [-0.2, -0.15) is 0 Å². The summed E-state index contributed by atoms with van der Waals surface area (Å²) < 4.78 is 0. The first kappa shape index (κ1) is 5.41. The Morgan fingerprint density at radius 1 is 1.60 bits per heavy atom. The third-order valence-electron chi connectivity index (χ3n) is 1.52. The fourth-order valence-corrected chi connectivity index (χ4v) is 1.03. The summed E-state index contributed by atoms with van der Waals surface area (Å²) in [6.45, 7) is 0.395. The van der Waals surface area contributed by atoms with Crippen molar-refractivity contribution in [2.45, 2.75) is 0 Å². The molecule has 0 unspecified atom stereocenters. The molecular formula is C7H6N2O. The van der Waals surface area contributed by atoms with Crippen LogP contribution in [0, 0.1) is 0 Å². The number of hydrogen-bond acceptors (Lipinski definition) is 3. The molecule has 0 saturated carbocycles. The quantitative estimate of drug-likeness (QED) is 0.567. The Morgan fingerprint density at radius 2 is 2.50 bits per heavy atom. The first-order chi connectivity index (χ1) is 4.88. The average molecular weight is 134 g/mol.